The maximum absolute atomic E-state index is 8.77. The molecule has 70 valence electrons. The molecule has 0 unspecified atom stereocenters. The topological polar surface area (TPSA) is 32.6 Å². The van der Waals surface area contributed by atoms with Gasteiger partial charge in [-0.1, -0.05) is 25.9 Å². The summed E-state index contributed by atoms with van der Waals surface area (Å²) < 4.78 is 0. The second-order valence-electron chi connectivity index (χ2n) is 3.48. The normalized spacial score (nSPS) is 40.2. The Balaban J connectivity index is 2.68. The SMILES string of the molecule is CC[C@@H]1S[C@H](C)C/C(=N\O)[C@@H]1C. The Labute approximate surface area is 78.4 Å². The molecule has 1 N–H and O–H groups in total. The van der Waals surface area contributed by atoms with Gasteiger partial charge in [-0.05, 0) is 6.42 Å². The molecule has 3 heteroatoms. The number of hydrogen-bond donors (Lipinski definition) is 1. The van der Waals surface area contributed by atoms with Gasteiger partial charge in [0.25, 0.3) is 0 Å². The van der Waals surface area contributed by atoms with Crippen molar-refractivity contribution in [2.45, 2.75) is 44.1 Å². The van der Waals surface area contributed by atoms with Gasteiger partial charge < -0.3 is 5.21 Å². The predicted molar refractivity (Wildman–Crippen MR) is 54.1 cm³/mol. The average molecular weight is 187 g/mol. The zero-order chi connectivity index (χ0) is 9.14. The molecule has 1 saturated heterocycles. The Kier molecular flexibility index (Phi) is 3.44. The molecule has 0 amide bonds. The molecular weight excluding hydrogens is 170 g/mol. The molecule has 2 nitrogen and oxygen atoms in total. The van der Waals surface area contributed by atoms with E-state index in [9.17, 15) is 0 Å². The highest BCUT2D eigenvalue weighted by atomic mass is 32.2. The average Bonchev–Trinajstić information content (AvgIpc) is 2.08. The smallest absolute Gasteiger partial charge is 0.0620 e. The van der Waals surface area contributed by atoms with Crippen LogP contribution < -0.4 is 0 Å². The summed E-state index contributed by atoms with van der Waals surface area (Å²) in [6.45, 7) is 6.55. The van der Waals surface area contributed by atoms with Crippen molar-refractivity contribution in [3.05, 3.63) is 0 Å². The Morgan fingerprint density at radius 2 is 2.25 bits per heavy atom. The van der Waals surface area contributed by atoms with E-state index in [0.29, 0.717) is 16.4 Å². The first kappa shape index (κ1) is 9.90. The number of nitrogens with zero attached hydrogens (tertiary/aromatic N) is 1. The van der Waals surface area contributed by atoms with Gasteiger partial charge in [0.05, 0.1) is 5.71 Å². The Morgan fingerprint density at radius 3 is 2.75 bits per heavy atom. The summed E-state index contributed by atoms with van der Waals surface area (Å²) in [5.74, 6) is 0.446. The fourth-order valence-corrected chi connectivity index (χ4v) is 3.19. The van der Waals surface area contributed by atoms with E-state index in [1.807, 2.05) is 11.8 Å². The molecular formula is C9H17NOS. The molecule has 0 aromatic rings. The molecule has 1 heterocycles. The summed E-state index contributed by atoms with van der Waals surface area (Å²) in [6.07, 6.45) is 2.11. The summed E-state index contributed by atoms with van der Waals surface area (Å²) in [4.78, 5) is 0. The summed E-state index contributed by atoms with van der Waals surface area (Å²) in [6, 6.07) is 0. The summed E-state index contributed by atoms with van der Waals surface area (Å²) in [7, 11) is 0. The predicted octanol–water partition coefficient (Wildman–Crippen LogP) is 2.76. The summed E-state index contributed by atoms with van der Waals surface area (Å²) >= 11 is 2.02. The maximum atomic E-state index is 8.77. The maximum Gasteiger partial charge on any atom is 0.0620 e. The fraction of sp³-hybridized carbons (Fsp3) is 0.889. The molecule has 0 aromatic carbocycles. The first-order valence-corrected chi connectivity index (χ1v) is 5.49. The number of hydrogen-bond acceptors (Lipinski definition) is 3. The quantitative estimate of drug-likeness (QED) is 0.505. The molecule has 12 heavy (non-hydrogen) atoms. The van der Waals surface area contributed by atoms with Crippen LogP contribution in [-0.2, 0) is 0 Å². The van der Waals surface area contributed by atoms with Crippen molar-refractivity contribution < 1.29 is 5.21 Å². The van der Waals surface area contributed by atoms with Crippen LogP contribution in [0.1, 0.15) is 33.6 Å². The number of thioether (sulfide) groups is 1. The second-order valence-corrected chi connectivity index (χ2v) is 5.16. The van der Waals surface area contributed by atoms with Crippen LogP contribution in [0.4, 0.5) is 0 Å². The summed E-state index contributed by atoms with van der Waals surface area (Å²) in [5.41, 5.74) is 0.980. The van der Waals surface area contributed by atoms with Gasteiger partial charge in [0.2, 0.25) is 0 Å². The van der Waals surface area contributed by atoms with Crippen molar-refractivity contribution in [3.8, 4) is 0 Å². The highest BCUT2D eigenvalue weighted by molar-refractivity contribution is 8.00. The van der Waals surface area contributed by atoms with E-state index in [2.05, 4.69) is 25.9 Å². The standard InChI is InChI=1S/C9H17NOS/c1-4-9-7(3)8(10-11)5-6(2)12-9/h6-7,9,11H,4-5H2,1-3H3/b10-8+/t6-,7+,9+/m1/s1. The van der Waals surface area contributed by atoms with E-state index in [-0.39, 0.29) is 0 Å². The van der Waals surface area contributed by atoms with Gasteiger partial charge in [0.15, 0.2) is 0 Å². The third kappa shape index (κ3) is 1.94. The van der Waals surface area contributed by atoms with Crippen LogP contribution >= 0.6 is 11.8 Å². The van der Waals surface area contributed by atoms with Crippen LogP contribution in [0.5, 0.6) is 0 Å². The van der Waals surface area contributed by atoms with Gasteiger partial charge in [-0.3, -0.25) is 0 Å². The van der Waals surface area contributed by atoms with Crippen LogP contribution in [-0.4, -0.2) is 21.4 Å². The van der Waals surface area contributed by atoms with Crippen LogP contribution in [0, 0.1) is 5.92 Å². The highest BCUT2D eigenvalue weighted by Crippen LogP contribution is 2.35. The lowest BCUT2D eigenvalue weighted by Crippen LogP contribution is -2.32. The molecule has 0 aromatic heterocycles. The fourth-order valence-electron chi connectivity index (χ4n) is 1.74. The highest BCUT2D eigenvalue weighted by Gasteiger charge is 2.29. The van der Waals surface area contributed by atoms with Crippen molar-refractivity contribution in [1.82, 2.24) is 0 Å². The van der Waals surface area contributed by atoms with Gasteiger partial charge in [0, 0.05) is 22.8 Å². The van der Waals surface area contributed by atoms with Crippen LogP contribution in [0.25, 0.3) is 0 Å². The Hall–Kier alpha value is -0.180. The lowest BCUT2D eigenvalue weighted by molar-refractivity contribution is 0.312. The zero-order valence-corrected chi connectivity index (χ0v) is 8.77. The molecule has 1 rings (SSSR count). The van der Waals surface area contributed by atoms with Crippen molar-refractivity contribution in [2.75, 3.05) is 0 Å². The lowest BCUT2D eigenvalue weighted by atomic mass is 9.95. The first-order valence-electron chi connectivity index (χ1n) is 4.55. The monoisotopic (exact) mass is 187 g/mol. The minimum atomic E-state index is 0.446. The van der Waals surface area contributed by atoms with Crippen molar-refractivity contribution in [2.24, 2.45) is 11.1 Å². The van der Waals surface area contributed by atoms with Gasteiger partial charge in [-0.15, -0.1) is 0 Å². The van der Waals surface area contributed by atoms with Gasteiger partial charge >= 0.3 is 0 Å². The summed E-state index contributed by atoms with van der Waals surface area (Å²) in [5, 5.41) is 13.4. The van der Waals surface area contributed by atoms with E-state index in [4.69, 9.17) is 5.21 Å². The molecule has 0 spiro atoms. The van der Waals surface area contributed by atoms with Crippen molar-refractivity contribution >= 4 is 17.5 Å². The van der Waals surface area contributed by atoms with Crippen molar-refractivity contribution in [3.63, 3.8) is 0 Å². The third-order valence-electron chi connectivity index (χ3n) is 2.52. The van der Waals surface area contributed by atoms with Crippen LogP contribution in [0.15, 0.2) is 5.16 Å². The lowest BCUT2D eigenvalue weighted by Gasteiger charge is -2.32. The van der Waals surface area contributed by atoms with E-state index in [1.165, 1.54) is 0 Å². The van der Waals surface area contributed by atoms with Crippen LogP contribution in [0.3, 0.4) is 0 Å². The zero-order valence-electron chi connectivity index (χ0n) is 7.95. The van der Waals surface area contributed by atoms with Gasteiger partial charge in [0.1, 0.15) is 0 Å². The molecule has 0 aliphatic carbocycles. The molecule has 1 aliphatic rings. The molecule has 1 aliphatic heterocycles. The van der Waals surface area contributed by atoms with E-state index < -0.39 is 0 Å². The van der Waals surface area contributed by atoms with Gasteiger partial charge in [-0.2, -0.15) is 11.8 Å². The van der Waals surface area contributed by atoms with Gasteiger partial charge in [-0.25, -0.2) is 0 Å². The van der Waals surface area contributed by atoms with E-state index in [0.717, 1.165) is 18.6 Å². The van der Waals surface area contributed by atoms with E-state index in [1.54, 1.807) is 0 Å². The third-order valence-corrected chi connectivity index (χ3v) is 4.24. The van der Waals surface area contributed by atoms with E-state index >= 15 is 0 Å². The molecule has 0 bridgehead atoms. The Bertz CT molecular complexity index is 181. The number of oxime groups is 1. The minimum Gasteiger partial charge on any atom is -0.411 e. The molecule has 0 radical (unpaired) electrons. The number of rotatable bonds is 1. The minimum absolute atomic E-state index is 0.446. The van der Waals surface area contributed by atoms with Crippen molar-refractivity contribution in [1.29, 1.82) is 0 Å². The molecule has 0 saturated carbocycles. The second kappa shape index (κ2) is 4.17. The van der Waals surface area contributed by atoms with Crippen LogP contribution in [0.2, 0.25) is 0 Å². The molecule has 1 fully saturated rings. The molecule has 3 atom stereocenters. The largest absolute Gasteiger partial charge is 0.411 e. The Morgan fingerprint density at radius 1 is 1.58 bits per heavy atom. The first-order chi connectivity index (χ1) is 5.69.